The van der Waals surface area contributed by atoms with Crippen LogP contribution in [0.15, 0.2) is 30.0 Å². The van der Waals surface area contributed by atoms with Crippen molar-refractivity contribution in [2.75, 3.05) is 7.05 Å². The Bertz CT molecular complexity index is 942. The number of nitrogens with two attached hydrogens (primary N) is 1. The van der Waals surface area contributed by atoms with Gasteiger partial charge in [-0.2, -0.15) is 0 Å². The van der Waals surface area contributed by atoms with Crippen LogP contribution in [0.5, 0.6) is 0 Å². The molecule has 1 saturated carbocycles. The number of Topliss-reactive ketones (excluding diaryl/α,β-unsaturated/α-hetero) is 1. The second kappa shape index (κ2) is 12.0. The molecular weight excluding hydrogens is 440 g/mol. The first kappa shape index (κ1) is 28.7. The van der Waals surface area contributed by atoms with E-state index in [0.29, 0.717) is 37.1 Å². The molecule has 7 nitrogen and oxygen atoms in total. The summed E-state index contributed by atoms with van der Waals surface area (Å²) in [5, 5.41) is 24.5. The predicted octanol–water partition coefficient (Wildman–Crippen LogP) is 3.96. The Morgan fingerprint density at radius 2 is 1.77 bits per heavy atom. The molecule has 2 rings (SSSR count). The smallest absolute Gasteiger partial charge is 0.223 e. The first-order chi connectivity index (χ1) is 16.3. The lowest BCUT2D eigenvalue weighted by molar-refractivity contribution is -0.128. The maximum Gasteiger partial charge on any atom is 0.223 e. The van der Waals surface area contributed by atoms with Crippen LogP contribution in [0.2, 0.25) is 0 Å². The molecule has 6 N–H and O–H groups in total. The van der Waals surface area contributed by atoms with Gasteiger partial charge in [0.2, 0.25) is 5.91 Å². The lowest BCUT2D eigenvalue weighted by atomic mass is 9.81. The third kappa shape index (κ3) is 7.48. The summed E-state index contributed by atoms with van der Waals surface area (Å²) >= 11 is 0. The zero-order valence-corrected chi connectivity index (χ0v) is 22.4. The molecule has 1 fully saturated rings. The number of benzene rings is 1. The van der Waals surface area contributed by atoms with Gasteiger partial charge in [-0.15, -0.1) is 0 Å². The SMILES string of the molecule is CN[C@H](C(=O)CCC1C[C@H](O)C[C@H]1C(=O)N[C@@H](C)c1ccc(/C(C(C)=N)=C(\C)N)cc1)C(C)(C)C. The average Bonchev–Trinajstić information content (AvgIpc) is 3.12. The van der Waals surface area contributed by atoms with Gasteiger partial charge in [0.1, 0.15) is 5.78 Å². The van der Waals surface area contributed by atoms with Gasteiger partial charge in [0.25, 0.3) is 0 Å². The third-order valence-electron chi connectivity index (χ3n) is 7.07. The van der Waals surface area contributed by atoms with E-state index in [2.05, 4.69) is 10.6 Å². The molecule has 0 spiro atoms. The Morgan fingerprint density at radius 1 is 1.17 bits per heavy atom. The first-order valence-electron chi connectivity index (χ1n) is 12.6. The fraction of sp³-hybridized carbons (Fsp3) is 0.607. The zero-order chi connectivity index (χ0) is 26.5. The summed E-state index contributed by atoms with van der Waals surface area (Å²) < 4.78 is 0. The summed E-state index contributed by atoms with van der Waals surface area (Å²) in [5.41, 5.74) is 9.32. The van der Waals surface area contributed by atoms with E-state index < -0.39 is 6.10 Å². The number of nitrogens with one attached hydrogen (secondary N) is 3. The highest BCUT2D eigenvalue weighted by Crippen LogP contribution is 2.36. The van der Waals surface area contributed by atoms with E-state index in [1.54, 1.807) is 20.9 Å². The molecule has 0 aliphatic heterocycles. The van der Waals surface area contributed by atoms with Gasteiger partial charge in [-0.05, 0) is 69.5 Å². The summed E-state index contributed by atoms with van der Waals surface area (Å²) in [4.78, 5) is 26.0. The molecule has 1 unspecified atom stereocenters. The molecule has 1 aliphatic rings. The molecule has 0 heterocycles. The second-order valence-electron chi connectivity index (χ2n) is 11.1. The highest BCUT2D eigenvalue weighted by atomic mass is 16.3. The maximum atomic E-state index is 13.2. The van der Waals surface area contributed by atoms with E-state index in [1.165, 1.54) is 0 Å². The summed E-state index contributed by atoms with van der Waals surface area (Å²) in [7, 11) is 1.80. The maximum absolute atomic E-state index is 13.2. The Morgan fingerprint density at radius 3 is 2.26 bits per heavy atom. The van der Waals surface area contributed by atoms with Gasteiger partial charge in [-0.1, -0.05) is 45.0 Å². The minimum Gasteiger partial charge on any atom is -0.402 e. The largest absolute Gasteiger partial charge is 0.402 e. The van der Waals surface area contributed by atoms with Crippen molar-refractivity contribution in [1.29, 1.82) is 5.41 Å². The van der Waals surface area contributed by atoms with Crippen LogP contribution in [0.25, 0.3) is 5.57 Å². The van der Waals surface area contributed by atoms with Crippen molar-refractivity contribution in [2.45, 2.75) is 85.4 Å². The first-order valence-corrected chi connectivity index (χ1v) is 12.6. The molecule has 0 aromatic heterocycles. The molecular formula is C28H44N4O3. The number of aliphatic hydroxyl groups is 1. The Kier molecular flexibility index (Phi) is 9.81. The van der Waals surface area contributed by atoms with Crippen LogP contribution >= 0.6 is 0 Å². The van der Waals surface area contributed by atoms with Crippen molar-refractivity contribution in [2.24, 2.45) is 23.0 Å². The van der Waals surface area contributed by atoms with Gasteiger partial charge in [-0.3, -0.25) is 9.59 Å². The number of rotatable bonds is 10. The number of carbonyl (C=O) groups excluding carboxylic acids is 2. The fourth-order valence-electron chi connectivity index (χ4n) is 5.37. The molecule has 1 amide bonds. The topological polar surface area (TPSA) is 128 Å². The van der Waals surface area contributed by atoms with Crippen molar-refractivity contribution in [3.63, 3.8) is 0 Å². The molecule has 7 heteroatoms. The molecule has 35 heavy (non-hydrogen) atoms. The summed E-state index contributed by atoms with van der Waals surface area (Å²) in [5.74, 6) is -0.255. The van der Waals surface area contributed by atoms with Gasteiger partial charge < -0.3 is 26.9 Å². The third-order valence-corrected chi connectivity index (χ3v) is 7.07. The number of amides is 1. The standard InChI is InChI=1S/C28H44N4O3/c1-16(29)25(17(2)30)20-10-8-19(9-11-20)18(3)32-27(35)23-15-22(33)14-21(23)12-13-24(34)26(31-7)28(4,5)6/h8-11,18,21-23,26,29,31,33H,12-15,30H2,1-7H3,(H,32,35)/b25-17+,29-16?/t18-,21?,22-,23+,26+/m0/s1. The van der Waals surface area contributed by atoms with E-state index >= 15 is 0 Å². The summed E-state index contributed by atoms with van der Waals surface area (Å²) in [6.07, 6.45) is 1.45. The Balaban J connectivity index is 2.04. The van der Waals surface area contributed by atoms with Crippen molar-refractivity contribution < 1.29 is 14.7 Å². The number of likely N-dealkylation sites (N-methyl/N-ethyl adjacent to an activating group) is 1. The van der Waals surface area contributed by atoms with Crippen LogP contribution in [0, 0.1) is 22.7 Å². The predicted molar refractivity (Wildman–Crippen MR) is 142 cm³/mol. The monoisotopic (exact) mass is 484 g/mol. The molecule has 1 aromatic rings. The van der Waals surface area contributed by atoms with Crippen LogP contribution in [0.4, 0.5) is 0 Å². The van der Waals surface area contributed by atoms with Crippen LogP contribution in [0.1, 0.15) is 84.4 Å². The van der Waals surface area contributed by atoms with E-state index in [9.17, 15) is 14.7 Å². The summed E-state index contributed by atoms with van der Waals surface area (Å²) in [6.45, 7) is 11.5. The highest BCUT2D eigenvalue weighted by Gasteiger charge is 2.39. The highest BCUT2D eigenvalue weighted by molar-refractivity contribution is 6.21. The van der Waals surface area contributed by atoms with Crippen molar-refractivity contribution in [3.05, 3.63) is 41.1 Å². The van der Waals surface area contributed by atoms with Gasteiger partial charge in [0.05, 0.1) is 18.2 Å². The van der Waals surface area contributed by atoms with Crippen LogP contribution in [-0.4, -0.2) is 41.7 Å². The normalized spacial score (nSPS) is 22.8. The van der Waals surface area contributed by atoms with Crippen LogP contribution < -0.4 is 16.4 Å². The quantitative estimate of drug-likeness (QED) is 0.321. The molecule has 194 valence electrons. The number of aliphatic hydroxyl groups excluding tert-OH is 1. The molecule has 0 bridgehead atoms. The van der Waals surface area contributed by atoms with Gasteiger partial charge >= 0.3 is 0 Å². The number of carbonyl (C=O) groups is 2. The number of hydrogen-bond donors (Lipinski definition) is 5. The van der Waals surface area contributed by atoms with E-state index in [1.807, 2.05) is 52.0 Å². The number of allylic oxidation sites excluding steroid dienone is 2. The minimum absolute atomic E-state index is 0.0169. The number of ketones is 1. The lowest BCUT2D eigenvalue weighted by Gasteiger charge is -2.29. The van der Waals surface area contributed by atoms with Gasteiger partial charge in [0, 0.05) is 29.3 Å². The number of hydrogen-bond acceptors (Lipinski definition) is 6. The molecule has 1 aromatic carbocycles. The molecule has 0 radical (unpaired) electrons. The van der Waals surface area contributed by atoms with Crippen molar-refractivity contribution in [1.82, 2.24) is 10.6 Å². The summed E-state index contributed by atoms with van der Waals surface area (Å²) in [6, 6.07) is 7.27. The van der Waals surface area contributed by atoms with Gasteiger partial charge in [-0.25, -0.2) is 0 Å². The van der Waals surface area contributed by atoms with Crippen LogP contribution in [-0.2, 0) is 9.59 Å². The fourth-order valence-corrected chi connectivity index (χ4v) is 5.37. The Hall–Kier alpha value is -2.51. The average molecular weight is 485 g/mol. The molecule has 5 atom stereocenters. The minimum atomic E-state index is -0.516. The molecule has 1 aliphatic carbocycles. The van der Waals surface area contributed by atoms with E-state index in [-0.39, 0.29) is 41.0 Å². The van der Waals surface area contributed by atoms with Crippen LogP contribution in [0.3, 0.4) is 0 Å². The zero-order valence-electron chi connectivity index (χ0n) is 22.4. The lowest BCUT2D eigenvalue weighted by Crippen LogP contribution is -2.44. The Labute approximate surface area is 210 Å². The van der Waals surface area contributed by atoms with Crippen molar-refractivity contribution >= 4 is 23.0 Å². The van der Waals surface area contributed by atoms with E-state index in [4.69, 9.17) is 11.1 Å². The van der Waals surface area contributed by atoms with Crippen molar-refractivity contribution in [3.8, 4) is 0 Å². The van der Waals surface area contributed by atoms with Gasteiger partial charge in [0.15, 0.2) is 0 Å². The second-order valence-corrected chi connectivity index (χ2v) is 11.1. The van der Waals surface area contributed by atoms with E-state index in [0.717, 1.165) is 16.7 Å². The molecule has 0 saturated heterocycles.